The van der Waals surface area contributed by atoms with Crippen molar-refractivity contribution in [3.63, 3.8) is 0 Å². The van der Waals surface area contributed by atoms with Crippen LogP contribution in [0, 0.1) is 5.82 Å². The summed E-state index contributed by atoms with van der Waals surface area (Å²) < 4.78 is 32.3. The first-order valence-electron chi connectivity index (χ1n) is 10.3. The number of rotatable bonds is 6. The monoisotopic (exact) mass is 514 g/mol. The van der Waals surface area contributed by atoms with Crippen molar-refractivity contribution >= 4 is 36.6 Å². The van der Waals surface area contributed by atoms with Crippen LogP contribution in [0.2, 0.25) is 19.6 Å². The van der Waals surface area contributed by atoms with Crippen molar-refractivity contribution in [3.8, 4) is 5.75 Å². The quantitative estimate of drug-likeness (QED) is 0.261. The number of aliphatic imine (C=N–C) groups is 1. The Kier molecular flexibility index (Phi) is 8.32. The Morgan fingerprint density at radius 3 is 2.45 bits per heavy atom. The van der Waals surface area contributed by atoms with Crippen LogP contribution in [0.3, 0.4) is 0 Å². The van der Waals surface area contributed by atoms with Gasteiger partial charge in [-0.2, -0.15) is 0 Å². The van der Waals surface area contributed by atoms with Gasteiger partial charge in [-0.15, -0.1) is 0 Å². The van der Waals surface area contributed by atoms with Gasteiger partial charge in [0.05, 0.1) is 10.0 Å². The molecule has 0 aromatic heterocycles. The standard InChI is InChI=1S/C22H32BrFN2O4Si/c1-15(30-31(5,6)7)25-14-17-19(9-8-18(23)20(17)24)28-16-10-12-26(13-11-16)21(27)29-22(2,3)4/h8-9,14,16H,1,10-13H2,2-7H3. The summed E-state index contributed by atoms with van der Waals surface area (Å²) in [4.78, 5) is 18.1. The number of carbonyl (C=O) groups excluding carboxylic acids is 1. The molecule has 9 heteroatoms. The fourth-order valence-corrected chi connectivity index (χ4v) is 4.06. The van der Waals surface area contributed by atoms with E-state index in [9.17, 15) is 9.18 Å². The van der Waals surface area contributed by atoms with Crippen molar-refractivity contribution in [3.05, 3.63) is 40.4 Å². The van der Waals surface area contributed by atoms with Gasteiger partial charge in [0.2, 0.25) is 8.32 Å². The number of amides is 1. The Balaban J connectivity index is 2.07. The number of carbonyl (C=O) groups is 1. The van der Waals surface area contributed by atoms with Crippen LogP contribution in [-0.4, -0.2) is 50.3 Å². The van der Waals surface area contributed by atoms with Crippen molar-refractivity contribution in [2.75, 3.05) is 13.1 Å². The van der Waals surface area contributed by atoms with Crippen LogP contribution in [0.4, 0.5) is 9.18 Å². The molecule has 1 fully saturated rings. The minimum absolute atomic E-state index is 0.146. The van der Waals surface area contributed by atoms with Gasteiger partial charge in [0, 0.05) is 32.1 Å². The van der Waals surface area contributed by atoms with Crippen molar-refractivity contribution in [1.29, 1.82) is 0 Å². The topological polar surface area (TPSA) is 60.4 Å². The van der Waals surface area contributed by atoms with Gasteiger partial charge in [-0.1, -0.05) is 0 Å². The lowest BCUT2D eigenvalue weighted by Gasteiger charge is -2.33. The molecular formula is C22H32BrFN2O4Si. The first kappa shape index (κ1) is 25.4. The molecule has 2 rings (SSSR count). The second kappa shape index (κ2) is 10.2. The molecule has 0 atom stereocenters. The highest BCUT2D eigenvalue weighted by Crippen LogP contribution is 2.29. The fraction of sp³-hybridized carbons (Fsp3) is 0.545. The summed E-state index contributed by atoms with van der Waals surface area (Å²) in [6, 6.07) is 3.31. The number of piperidine rings is 1. The van der Waals surface area contributed by atoms with Gasteiger partial charge in [-0.05, 0) is 75.1 Å². The Bertz CT molecular complexity index is 841. The Morgan fingerprint density at radius 1 is 1.29 bits per heavy atom. The van der Waals surface area contributed by atoms with E-state index in [-0.39, 0.29) is 23.6 Å². The summed E-state index contributed by atoms with van der Waals surface area (Å²) in [6.07, 6.45) is 2.16. The molecule has 0 N–H and O–H groups in total. The third-order valence-corrected chi connectivity index (χ3v) is 5.70. The largest absolute Gasteiger partial charge is 0.532 e. The van der Waals surface area contributed by atoms with E-state index in [0.29, 0.717) is 36.2 Å². The summed E-state index contributed by atoms with van der Waals surface area (Å²) in [5.41, 5.74) is -0.305. The molecule has 31 heavy (non-hydrogen) atoms. The molecule has 1 heterocycles. The molecule has 1 amide bonds. The molecule has 6 nitrogen and oxygen atoms in total. The van der Waals surface area contributed by atoms with Crippen LogP contribution in [0.5, 0.6) is 5.75 Å². The molecule has 0 radical (unpaired) electrons. The number of hydrogen-bond acceptors (Lipinski definition) is 5. The minimum Gasteiger partial charge on any atom is -0.532 e. The summed E-state index contributed by atoms with van der Waals surface area (Å²) in [5.74, 6) is 0.171. The van der Waals surface area contributed by atoms with Crippen LogP contribution in [0.25, 0.3) is 0 Å². The van der Waals surface area contributed by atoms with Crippen LogP contribution in [-0.2, 0) is 9.16 Å². The minimum atomic E-state index is -1.85. The highest BCUT2D eigenvalue weighted by molar-refractivity contribution is 9.10. The molecular weight excluding hydrogens is 483 g/mol. The smallest absolute Gasteiger partial charge is 0.410 e. The lowest BCUT2D eigenvalue weighted by Crippen LogP contribution is -2.44. The highest BCUT2D eigenvalue weighted by Gasteiger charge is 2.28. The van der Waals surface area contributed by atoms with E-state index < -0.39 is 19.7 Å². The molecule has 172 valence electrons. The zero-order valence-corrected chi connectivity index (χ0v) is 21.7. The Morgan fingerprint density at radius 2 is 1.90 bits per heavy atom. The molecule has 0 unspecified atom stereocenters. The van der Waals surface area contributed by atoms with Crippen LogP contribution in [0.1, 0.15) is 39.2 Å². The van der Waals surface area contributed by atoms with E-state index in [4.69, 9.17) is 13.9 Å². The van der Waals surface area contributed by atoms with Gasteiger partial charge in [0.25, 0.3) is 0 Å². The lowest BCUT2D eigenvalue weighted by atomic mass is 10.1. The maximum absolute atomic E-state index is 14.8. The number of likely N-dealkylation sites (tertiary alicyclic amines) is 1. The first-order valence-corrected chi connectivity index (χ1v) is 14.5. The zero-order valence-electron chi connectivity index (χ0n) is 19.1. The van der Waals surface area contributed by atoms with E-state index in [2.05, 4.69) is 27.5 Å². The average Bonchev–Trinajstić information content (AvgIpc) is 2.62. The Hall–Kier alpha value is -1.87. The van der Waals surface area contributed by atoms with Gasteiger partial charge in [-0.3, -0.25) is 0 Å². The van der Waals surface area contributed by atoms with E-state index in [1.54, 1.807) is 17.0 Å². The van der Waals surface area contributed by atoms with Gasteiger partial charge in [0.1, 0.15) is 23.3 Å². The summed E-state index contributed by atoms with van der Waals surface area (Å²) in [5, 5.41) is 0. The predicted octanol–water partition coefficient (Wildman–Crippen LogP) is 6.11. The lowest BCUT2D eigenvalue weighted by molar-refractivity contribution is 0.0126. The number of halogens is 2. The summed E-state index contributed by atoms with van der Waals surface area (Å²) in [6.45, 7) is 16.4. The van der Waals surface area contributed by atoms with Crippen LogP contribution in [0.15, 0.2) is 34.1 Å². The second-order valence-electron chi connectivity index (χ2n) is 9.42. The molecule has 1 aliphatic heterocycles. The average molecular weight is 515 g/mol. The van der Waals surface area contributed by atoms with Crippen molar-refractivity contribution in [1.82, 2.24) is 4.90 Å². The number of benzene rings is 1. The molecule has 0 aliphatic carbocycles. The van der Waals surface area contributed by atoms with Gasteiger partial charge in [-0.25, -0.2) is 14.2 Å². The van der Waals surface area contributed by atoms with Gasteiger partial charge < -0.3 is 18.8 Å². The third kappa shape index (κ3) is 8.29. The fourth-order valence-electron chi connectivity index (χ4n) is 2.95. The van der Waals surface area contributed by atoms with Crippen LogP contribution < -0.4 is 4.74 Å². The van der Waals surface area contributed by atoms with E-state index in [1.807, 2.05) is 40.4 Å². The molecule has 0 bridgehead atoms. The maximum Gasteiger partial charge on any atom is 0.410 e. The number of ether oxygens (including phenoxy) is 2. The summed E-state index contributed by atoms with van der Waals surface area (Å²) in [7, 11) is -1.85. The van der Waals surface area contributed by atoms with E-state index in [0.717, 1.165) is 0 Å². The number of nitrogens with zero attached hydrogens (tertiary/aromatic N) is 2. The Labute approximate surface area is 193 Å². The number of hydrogen-bond donors (Lipinski definition) is 0. The molecule has 0 saturated carbocycles. The van der Waals surface area contributed by atoms with E-state index in [1.165, 1.54) is 6.21 Å². The zero-order chi connectivity index (χ0) is 23.4. The van der Waals surface area contributed by atoms with Gasteiger partial charge in [0.15, 0.2) is 5.88 Å². The summed E-state index contributed by atoms with van der Waals surface area (Å²) >= 11 is 3.21. The van der Waals surface area contributed by atoms with Crippen molar-refractivity contribution < 1.29 is 23.1 Å². The highest BCUT2D eigenvalue weighted by atomic mass is 79.9. The first-order chi connectivity index (χ1) is 14.2. The molecule has 1 aromatic carbocycles. The van der Waals surface area contributed by atoms with Crippen molar-refractivity contribution in [2.45, 2.75) is 65.0 Å². The third-order valence-electron chi connectivity index (χ3n) is 4.24. The maximum atomic E-state index is 14.8. The molecule has 1 saturated heterocycles. The molecule has 1 aliphatic rings. The molecule has 1 aromatic rings. The predicted molar refractivity (Wildman–Crippen MR) is 127 cm³/mol. The SMILES string of the molecule is C=C(N=Cc1c(OC2CCN(C(=O)OC(C)(C)C)CC2)ccc(Br)c1F)O[Si](C)(C)C. The normalized spacial score (nSPS) is 15.8. The molecule has 0 spiro atoms. The second-order valence-corrected chi connectivity index (χ2v) is 14.7. The van der Waals surface area contributed by atoms with Gasteiger partial charge >= 0.3 is 6.09 Å². The van der Waals surface area contributed by atoms with E-state index >= 15 is 0 Å². The van der Waals surface area contributed by atoms with Crippen molar-refractivity contribution in [2.24, 2.45) is 4.99 Å². The van der Waals surface area contributed by atoms with Crippen LogP contribution >= 0.6 is 15.9 Å².